The summed E-state index contributed by atoms with van der Waals surface area (Å²) in [4.78, 5) is 11.4. The lowest BCUT2D eigenvalue weighted by atomic mass is 10.1. The van der Waals surface area contributed by atoms with Crippen LogP contribution in [0.4, 0.5) is 0 Å². The second-order valence-electron chi connectivity index (χ2n) is 4.70. The van der Waals surface area contributed by atoms with Crippen molar-refractivity contribution in [1.29, 1.82) is 0 Å². The van der Waals surface area contributed by atoms with Gasteiger partial charge in [0.15, 0.2) is 0 Å². The van der Waals surface area contributed by atoms with Gasteiger partial charge < -0.3 is 4.74 Å². The average molecular weight is 250 g/mol. The van der Waals surface area contributed by atoms with Crippen molar-refractivity contribution < 1.29 is 9.53 Å². The molecule has 0 fully saturated rings. The molecule has 4 heteroatoms. The lowest BCUT2D eigenvalue weighted by Crippen LogP contribution is -2.36. The minimum Gasteiger partial charge on any atom is -0.494 e. The molecule has 0 aliphatic heterocycles. The molecule has 100 valence electrons. The van der Waals surface area contributed by atoms with Gasteiger partial charge in [-0.05, 0) is 43.5 Å². The monoisotopic (exact) mass is 250 g/mol. The Balaban J connectivity index is 2.27. The van der Waals surface area contributed by atoms with E-state index in [-0.39, 0.29) is 5.91 Å². The number of nitrogens with one attached hydrogen (secondary N) is 1. The Morgan fingerprint density at radius 1 is 1.22 bits per heavy atom. The molecule has 0 saturated heterocycles. The highest BCUT2D eigenvalue weighted by Crippen LogP contribution is 2.16. The highest BCUT2D eigenvalue weighted by Gasteiger charge is 2.02. The van der Waals surface area contributed by atoms with Gasteiger partial charge in [-0.25, -0.2) is 5.01 Å². The number of hydrogen-bond donors (Lipinski definition) is 1. The Bertz CT molecular complexity index is 383. The molecule has 0 radical (unpaired) electrons. The first-order chi connectivity index (χ1) is 8.47. The number of hydrogen-bond acceptors (Lipinski definition) is 3. The highest BCUT2D eigenvalue weighted by atomic mass is 16.5. The molecule has 1 N–H and O–H groups in total. The van der Waals surface area contributed by atoms with Gasteiger partial charge in [0, 0.05) is 20.5 Å². The Morgan fingerprint density at radius 2 is 1.83 bits per heavy atom. The number of carbonyl (C=O) groups is 1. The fourth-order valence-electron chi connectivity index (χ4n) is 1.74. The first-order valence-electron chi connectivity index (χ1n) is 6.15. The van der Waals surface area contributed by atoms with Crippen LogP contribution in [0.3, 0.4) is 0 Å². The van der Waals surface area contributed by atoms with Crippen LogP contribution in [0.5, 0.6) is 5.75 Å². The molecule has 0 spiro atoms. The fraction of sp³-hybridized carbons (Fsp3) is 0.500. The van der Waals surface area contributed by atoms with Crippen LogP contribution in [0.1, 0.15) is 24.0 Å². The fourth-order valence-corrected chi connectivity index (χ4v) is 1.74. The molecule has 0 aliphatic rings. The molecule has 0 heterocycles. The SMILES string of the molecule is Cc1cc(C)cc(OCCCC(=O)NN(C)C)c1. The van der Waals surface area contributed by atoms with Crippen molar-refractivity contribution in [2.24, 2.45) is 0 Å². The zero-order chi connectivity index (χ0) is 13.5. The van der Waals surface area contributed by atoms with Crippen LogP contribution < -0.4 is 10.2 Å². The molecule has 4 nitrogen and oxygen atoms in total. The second-order valence-corrected chi connectivity index (χ2v) is 4.70. The average Bonchev–Trinajstić information content (AvgIpc) is 2.22. The Hall–Kier alpha value is -1.55. The van der Waals surface area contributed by atoms with Gasteiger partial charge in [0.05, 0.1) is 6.61 Å². The third-order valence-electron chi connectivity index (χ3n) is 2.36. The van der Waals surface area contributed by atoms with Crippen molar-refractivity contribution in [2.75, 3.05) is 20.7 Å². The first kappa shape index (κ1) is 14.5. The summed E-state index contributed by atoms with van der Waals surface area (Å²) in [5, 5.41) is 1.65. The quantitative estimate of drug-likeness (QED) is 0.620. The van der Waals surface area contributed by atoms with Gasteiger partial charge >= 0.3 is 0 Å². The topological polar surface area (TPSA) is 41.6 Å². The van der Waals surface area contributed by atoms with Crippen molar-refractivity contribution in [1.82, 2.24) is 10.4 Å². The van der Waals surface area contributed by atoms with E-state index in [1.165, 1.54) is 11.1 Å². The molecular weight excluding hydrogens is 228 g/mol. The van der Waals surface area contributed by atoms with E-state index in [2.05, 4.69) is 11.5 Å². The molecule has 0 unspecified atom stereocenters. The minimum atomic E-state index is 0.0176. The van der Waals surface area contributed by atoms with Crippen molar-refractivity contribution in [2.45, 2.75) is 26.7 Å². The number of rotatable bonds is 6. The first-order valence-corrected chi connectivity index (χ1v) is 6.15. The summed E-state index contributed by atoms with van der Waals surface area (Å²) in [7, 11) is 3.59. The van der Waals surface area contributed by atoms with E-state index in [1.54, 1.807) is 19.1 Å². The van der Waals surface area contributed by atoms with Gasteiger partial charge in [-0.2, -0.15) is 0 Å². The summed E-state index contributed by atoms with van der Waals surface area (Å²) < 4.78 is 5.63. The van der Waals surface area contributed by atoms with Crippen LogP contribution in [0, 0.1) is 13.8 Å². The molecule has 0 bridgehead atoms. The number of carbonyl (C=O) groups excluding carboxylic acids is 1. The van der Waals surface area contributed by atoms with Crippen LogP contribution in [0.25, 0.3) is 0 Å². The Labute approximate surface area is 109 Å². The molecule has 1 rings (SSSR count). The number of amides is 1. The van der Waals surface area contributed by atoms with Crippen molar-refractivity contribution in [3.05, 3.63) is 29.3 Å². The predicted octanol–water partition coefficient (Wildman–Crippen LogP) is 2.06. The van der Waals surface area contributed by atoms with E-state index >= 15 is 0 Å². The van der Waals surface area contributed by atoms with E-state index in [9.17, 15) is 4.79 Å². The highest BCUT2D eigenvalue weighted by molar-refractivity contribution is 5.75. The van der Waals surface area contributed by atoms with Gasteiger partial charge in [-0.3, -0.25) is 10.2 Å². The van der Waals surface area contributed by atoms with Crippen molar-refractivity contribution in [3.63, 3.8) is 0 Å². The standard InChI is InChI=1S/C14H22N2O2/c1-11-8-12(2)10-13(9-11)18-7-5-6-14(17)15-16(3)4/h8-10H,5-7H2,1-4H3,(H,15,17). The summed E-state index contributed by atoms with van der Waals surface area (Å²) in [6, 6.07) is 6.12. The number of benzene rings is 1. The van der Waals surface area contributed by atoms with Crippen LogP contribution in [-0.4, -0.2) is 31.6 Å². The number of ether oxygens (including phenoxy) is 1. The van der Waals surface area contributed by atoms with E-state index in [1.807, 2.05) is 26.0 Å². The summed E-state index contributed by atoms with van der Waals surface area (Å²) in [6.07, 6.45) is 1.19. The van der Waals surface area contributed by atoms with Gasteiger partial charge in [0.1, 0.15) is 5.75 Å². The van der Waals surface area contributed by atoms with Gasteiger partial charge in [0.2, 0.25) is 5.91 Å². The smallest absolute Gasteiger partial charge is 0.234 e. The summed E-state index contributed by atoms with van der Waals surface area (Å²) in [6.45, 7) is 4.65. The van der Waals surface area contributed by atoms with E-state index in [0.29, 0.717) is 19.4 Å². The van der Waals surface area contributed by atoms with Gasteiger partial charge in [0.25, 0.3) is 0 Å². The number of nitrogens with zero attached hydrogens (tertiary/aromatic N) is 1. The largest absolute Gasteiger partial charge is 0.494 e. The molecule has 0 atom stereocenters. The molecule has 1 amide bonds. The molecule has 0 aromatic heterocycles. The Kier molecular flexibility index (Phi) is 5.65. The molecule has 0 aliphatic carbocycles. The van der Waals surface area contributed by atoms with Crippen LogP contribution in [0.15, 0.2) is 18.2 Å². The van der Waals surface area contributed by atoms with Crippen LogP contribution in [0.2, 0.25) is 0 Å². The zero-order valence-electron chi connectivity index (χ0n) is 11.6. The maximum absolute atomic E-state index is 11.4. The summed E-state index contributed by atoms with van der Waals surface area (Å²) in [5.74, 6) is 0.893. The number of hydrazine groups is 1. The molecule has 1 aromatic carbocycles. The maximum atomic E-state index is 11.4. The maximum Gasteiger partial charge on any atom is 0.234 e. The summed E-state index contributed by atoms with van der Waals surface area (Å²) >= 11 is 0. The lowest BCUT2D eigenvalue weighted by molar-refractivity contribution is -0.125. The predicted molar refractivity (Wildman–Crippen MR) is 72.5 cm³/mol. The second kappa shape index (κ2) is 7.01. The van der Waals surface area contributed by atoms with E-state index < -0.39 is 0 Å². The third kappa shape index (κ3) is 5.68. The molecule has 18 heavy (non-hydrogen) atoms. The van der Waals surface area contributed by atoms with Gasteiger partial charge in [-0.15, -0.1) is 0 Å². The molecule has 1 aromatic rings. The van der Waals surface area contributed by atoms with Crippen molar-refractivity contribution >= 4 is 5.91 Å². The van der Waals surface area contributed by atoms with E-state index in [4.69, 9.17) is 4.74 Å². The Morgan fingerprint density at radius 3 is 2.39 bits per heavy atom. The third-order valence-corrected chi connectivity index (χ3v) is 2.36. The van der Waals surface area contributed by atoms with E-state index in [0.717, 1.165) is 5.75 Å². The van der Waals surface area contributed by atoms with Crippen LogP contribution >= 0.6 is 0 Å². The van der Waals surface area contributed by atoms with Crippen LogP contribution in [-0.2, 0) is 4.79 Å². The summed E-state index contributed by atoms with van der Waals surface area (Å²) in [5.41, 5.74) is 5.08. The molecular formula is C14H22N2O2. The minimum absolute atomic E-state index is 0.0176. The van der Waals surface area contributed by atoms with Gasteiger partial charge in [-0.1, -0.05) is 6.07 Å². The number of aryl methyl sites for hydroxylation is 2. The molecule has 0 saturated carbocycles. The lowest BCUT2D eigenvalue weighted by Gasteiger charge is -2.12. The zero-order valence-corrected chi connectivity index (χ0v) is 11.6. The van der Waals surface area contributed by atoms with Crippen molar-refractivity contribution in [3.8, 4) is 5.75 Å². The normalized spacial score (nSPS) is 10.5.